The summed E-state index contributed by atoms with van der Waals surface area (Å²) in [7, 11) is 0. The fourth-order valence-corrected chi connectivity index (χ4v) is 3.76. The van der Waals surface area contributed by atoms with Crippen LogP contribution in [0.4, 0.5) is 8.78 Å². The van der Waals surface area contributed by atoms with Crippen LogP contribution in [0.1, 0.15) is 34.6 Å². The van der Waals surface area contributed by atoms with Crippen molar-refractivity contribution in [2.24, 2.45) is 0 Å². The number of halogens is 2. The van der Waals surface area contributed by atoms with Crippen molar-refractivity contribution in [3.05, 3.63) is 47.3 Å². The molecule has 0 aliphatic carbocycles. The lowest BCUT2D eigenvalue weighted by Crippen LogP contribution is -2.44. The molecule has 8 heteroatoms. The maximum absolute atomic E-state index is 12.9. The molecule has 1 fully saturated rings. The number of carbonyl (C=O) groups is 1. The average Bonchev–Trinajstić information content (AvgIpc) is 2.60. The number of ether oxygens (including phenoxy) is 1. The molecule has 5 nitrogen and oxygen atoms in total. The van der Waals surface area contributed by atoms with Crippen molar-refractivity contribution in [1.82, 2.24) is 14.9 Å². The molecule has 0 radical (unpaired) electrons. The first-order chi connectivity index (χ1) is 12.9. The number of hydrogen-bond donors (Lipinski definition) is 0. The summed E-state index contributed by atoms with van der Waals surface area (Å²) in [6, 6.07) is 8.64. The van der Waals surface area contributed by atoms with Crippen molar-refractivity contribution in [3.8, 4) is 6.01 Å². The number of likely N-dealkylation sites (tertiary alicyclic amines) is 1. The predicted molar refractivity (Wildman–Crippen MR) is 99.4 cm³/mol. The zero-order valence-electron chi connectivity index (χ0n) is 15.2. The van der Waals surface area contributed by atoms with Crippen molar-refractivity contribution < 1.29 is 18.3 Å². The normalized spacial score (nSPS) is 17.2. The van der Waals surface area contributed by atoms with E-state index in [1.54, 1.807) is 29.2 Å². The fraction of sp³-hybridized carbons (Fsp3) is 0.421. The van der Waals surface area contributed by atoms with Crippen LogP contribution in [0, 0.1) is 13.8 Å². The van der Waals surface area contributed by atoms with Crippen molar-refractivity contribution in [1.29, 1.82) is 0 Å². The molecule has 1 aromatic heterocycles. The molecule has 144 valence electrons. The van der Waals surface area contributed by atoms with Crippen LogP contribution in [0.15, 0.2) is 35.2 Å². The van der Waals surface area contributed by atoms with Gasteiger partial charge in [0.1, 0.15) is 6.10 Å². The number of thioether (sulfide) groups is 1. The van der Waals surface area contributed by atoms with Crippen LogP contribution >= 0.6 is 11.8 Å². The number of nitrogens with zero attached hydrogens (tertiary/aromatic N) is 3. The fourth-order valence-electron chi connectivity index (χ4n) is 3.13. The quantitative estimate of drug-likeness (QED) is 0.716. The van der Waals surface area contributed by atoms with Gasteiger partial charge in [0, 0.05) is 22.8 Å². The lowest BCUT2D eigenvalue weighted by atomic mass is 10.1. The summed E-state index contributed by atoms with van der Waals surface area (Å²) in [6.45, 7) is 4.69. The van der Waals surface area contributed by atoms with Gasteiger partial charge in [-0.3, -0.25) is 4.79 Å². The summed E-state index contributed by atoms with van der Waals surface area (Å²) in [5.74, 6) is -2.83. The molecule has 0 bridgehead atoms. The van der Waals surface area contributed by atoms with Gasteiger partial charge in [-0.25, -0.2) is 9.97 Å². The molecule has 1 amide bonds. The SMILES string of the molecule is Cc1cc(C)nc(O[C@@H]2CCCN(C(=O)c3ccccc3SC(F)F)C2)n1. The molecule has 1 aliphatic heterocycles. The minimum Gasteiger partial charge on any atom is -0.458 e. The molecule has 2 heterocycles. The van der Waals surface area contributed by atoms with Crippen molar-refractivity contribution >= 4 is 17.7 Å². The van der Waals surface area contributed by atoms with Crippen LogP contribution in [-0.4, -0.2) is 45.7 Å². The Balaban J connectivity index is 1.71. The van der Waals surface area contributed by atoms with E-state index in [1.807, 2.05) is 19.9 Å². The summed E-state index contributed by atoms with van der Waals surface area (Å²) in [4.78, 5) is 23.4. The predicted octanol–water partition coefficient (Wildman–Crippen LogP) is 4.09. The van der Waals surface area contributed by atoms with Crippen LogP contribution in [0.2, 0.25) is 0 Å². The van der Waals surface area contributed by atoms with E-state index in [1.165, 1.54) is 0 Å². The van der Waals surface area contributed by atoms with Crippen LogP contribution < -0.4 is 4.74 Å². The minimum atomic E-state index is -2.57. The third-order valence-electron chi connectivity index (χ3n) is 4.23. The van der Waals surface area contributed by atoms with Gasteiger partial charge in [0.05, 0.1) is 12.1 Å². The van der Waals surface area contributed by atoms with Gasteiger partial charge in [-0.1, -0.05) is 23.9 Å². The second kappa shape index (κ2) is 8.65. The molecule has 1 atom stereocenters. The Kier molecular flexibility index (Phi) is 6.26. The zero-order valence-corrected chi connectivity index (χ0v) is 16.0. The number of rotatable bonds is 5. The molecule has 2 aromatic rings. The topological polar surface area (TPSA) is 55.3 Å². The molecule has 27 heavy (non-hydrogen) atoms. The highest BCUT2D eigenvalue weighted by Crippen LogP contribution is 2.30. The van der Waals surface area contributed by atoms with E-state index in [0.29, 0.717) is 36.4 Å². The number of hydrogen-bond acceptors (Lipinski definition) is 5. The maximum atomic E-state index is 12.9. The molecule has 0 saturated carbocycles. The molecule has 0 unspecified atom stereocenters. The van der Waals surface area contributed by atoms with Gasteiger partial charge in [0.15, 0.2) is 0 Å². The second-order valence-corrected chi connectivity index (χ2v) is 7.47. The van der Waals surface area contributed by atoms with Crippen molar-refractivity contribution in [3.63, 3.8) is 0 Å². The lowest BCUT2D eigenvalue weighted by Gasteiger charge is -2.32. The Morgan fingerprint density at radius 3 is 2.67 bits per heavy atom. The van der Waals surface area contributed by atoms with Gasteiger partial charge < -0.3 is 9.64 Å². The number of benzene rings is 1. The molecule has 1 saturated heterocycles. The van der Waals surface area contributed by atoms with E-state index in [4.69, 9.17) is 4.74 Å². The average molecular weight is 393 g/mol. The first-order valence-corrected chi connectivity index (χ1v) is 9.62. The summed E-state index contributed by atoms with van der Waals surface area (Å²) in [5.41, 5.74) is 1.93. The first-order valence-electron chi connectivity index (χ1n) is 8.74. The van der Waals surface area contributed by atoms with Crippen LogP contribution in [0.3, 0.4) is 0 Å². The molecular formula is C19H21F2N3O2S. The highest BCUT2D eigenvalue weighted by atomic mass is 32.2. The Bertz CT molecular complexity index is 799. The standard InChI is InChI=1S/C19H21F2N3O2S/c1-12-10-13(2)23-19(22-12)26-14-6-5-9-24(11-14)17(25)15-7-3-4-8-16(15)27-18(20)21/h3-4,7-8,10,14,18H,5-6,9,11H2,1-2H3/t14-/m1/s1. The summed E-state index contributed by atoms with van der Waals surface area (Å²) >= 11 is 0.392. The Morgan fingerprint density at radius 1 is 1.26 bits per heavy atom. The second-order valence-electron chi connectivity index (χ2n) is 6.44. The van der Waals surface area contributed by atoms with E-state index in [2.05, 4.69) is 9.97 Å². The zero-order chi connectivity index (χ0) is 19.4. The third-order valence-corrected chi connectivity index (χ3v) is 5.02. The summed E-state index contributed by atoms with van der Waals surface area (Å²) < 4.78 is 31.4. The van der Waals surface area contributed by atoms with Gasteiger partial charge in [0.2, 0.25) is 0 Å². The highest BCUT2D eigenvalue weighted by molar-refractivity contribution is 7.99. The smallest absolute Gasteiger partial charge is 0.317 e. The number of carbonyl (C=O) groups excluding carboxylic acids is 1. The molecule has 0 spiro atoms. The van der Waals surface area contributed by atoms with Crippen LogP contribution in [0.5, 0.6) is 6.01 Å². The third kappa shape index (κ3) is 5.15. The Labute approximate surface area is 161 Å². The molecule has 1 aliphatic rings. The van der Waals surface area contributed by atoms with Crippen LogP contribution in [-0.2, 0) is 0 Å². The molecular weight excluding hydrogens is 372 g/mol. The van der Waals surface area contributed by atoms with Crippen molar-refractivity contribution in [2.45, 2.75) is 43.4 Å². The van der Waals surface area contributed by atoms with Crippen molar-refractivity contribution in [2.75, 3.05) is 13.1 Å². The highest BCUT2D eigenvalue weighted by Gasteiger charge is 2.28. The molecule has 0 N–H and O–H groups in total. The van der Waals surface area contributed by atoms with Crippen LogP contribution in [0.25, 0.3) is 0 Å². The van der Waals surface area contributed by atoms with E-state index >= 15 is 0 Å². The van der Waals surface area contributed by atoms with E-state index in [9.17, 15) is 13.6 Å². The summed E-state index contributed by atoms with van der Waals surface area (Å²) in [6.07, 6.45) is 1.33. The Hall–Kier alpha value is -2.22. The number of alkyl halides is 2. The van der Waals surface area contributed by atoms with Gasteiger partial charge in [-0.15, -0.1) is 0 Å². The minimum absolute atomic E-state index is 0.223. The van der Waals surface area contributed by atoms with Gasteiger partial charge in [0.25, 0.3) is 11.7 Å². The number of amides is 1. The molecule has 3 rings (SSSR count). The Morgan fingerprint density at radius 2 is 1.96 bits per heavy atom. The van der Waals surface area contributed by atoms with Gasteiger partial charge in [-0.05, 0) is 44.9 Å². The number of piperidine rings is 1. The largest absolute Gasteiger partial charge is 0.458 e. The van der Waals surface area contributed by atoms with E-state index in [-0.39, 0.29) is 16.9 Å². The number of aromatic nitrogens is 2. The monoisotopic (exact) mass is 393 g/mol. The van der Waals surface area contributed by atoms with E-state index < -0.39 is 5.76 Å². The number of aryl methyl sites for hydroxylation is 2. The first kappa shape index (κ1) is 19.5. The maximum Gasteiger partial charge on any atom is 0.317 e. The van der Waals surface area contributed by atoms with Gasteiger partial charge >= 0.3 is 6.01 Å². The lowest BCUT2D eigenvalue weighted by molar-refractivity contribution is 0.0512. The molecule has 1 aromatic carbocycles. The summed E-state index contributed by atoms with van der Waals surface area (Å²) in [5, 5.41) is 0. The van der Waals surface area contributed by atoms with Gasteiger partial charge in [-0.2, -0.15) is 8.78 Å². The van der Waals surface area contributed by atoms with E-state index in [0.717, 1.165) is 24.2 Å².